The van der Waals surface area contributed by atoms with E-state index in [-0.39, 0.29) is 12.5 Å². The Bertz CT molecular complexity index is 1060. The predicted molar refractivity (Wildman–Crippen MR) is 119 cm³/mol. The van der Waals surface area contributed by atoms with Gasteiger partial charge in [-0.2, -0.15) is 0 Å². The zero-order valence-corrected chi connectivity index (χ0v) is 18.6. The first kappa shape index (κ1) is 21.4. The minimum absolute atomic E-state index is 0.114. The molecule has 31 heavy (non-hydrogen) atoms. The summed E-state index contributed by atoms with van der Waals surface area (Å²) in [6.07, 6.45) is 0. The maximum atomic E-state index is 13.1. The minimum Gasteiger partial charge on any atom is -0.489 e. The second-order valence-electron chi connectivity index (χ2n) is 7.87. The molecule has 7 heteroatoms. The summed E-state index contributed by atoms with van der Waals surface area (Å²) >= 11 is 6.01. The van der Waals surface area contributed by atoms with Crippen molar-refractivity contribution in [2.75, 3.05) is 26.2 Å². The summed E-state index contributed by atoms with van der Waals surface area (Å²) in [4.78, 5) is 17.3. The molecule has 0 N–H and O–H groups in total. The summed E-state index contributed by atoms with van der Waals surface area (Å²) in [6, 6.07) is 15.7. The molecular formula is C24H26ClN3O3. The van der Waals surface area contributed by atoms with Gasteiger partial charge >= 0.3 is 0 Å². The average Bonchev–Trinajstić information content (AvgIpc) is 3.13. The highest BCUT2D eigenvalue weighted by atomic mass is 35.5. The van der Waals surface area contributed by atoms with E-state index >= 15 is 0 Å². The summed E-state index contributed by atoms with van der Waals surface area (Å²) in [5.41, 5.74) is 3.56. The molecule has 0 unspecified atom stereocenters. The summed E-state index contributed by atoms with van der Waals surface area (Å²) in [6.45, 7) is 7.95. The topological polar surface area (TPSA) is 58.8 Å². The fraction of sp³-hybridized carbons (Fsp3) is 0.333. The Hall–Kier alpha value is -2.83. The molecule has 1 fully saturated rings. The fourth-order valence-corrected chi connectivity index (χ4v) is 3.95. The Kier molecular flexibility index (Phi) is 6.59. The number of piperazine rings is 1. The first-order valence-corrected chi connectivity index (χ1v) is 10.8. The first-order valence-electron chi connectivity index (χ1n) is 10.4. The Balaban J connectivity index is 1.37. The van der Waals surface area contributed by atoms with Crippen LogP contribution in [-0.4, -0.2) is 47.0 Å². The Morgan fingerprint density at radius 2 is 1.87 bits per heavy atom. The van der Waals surface area contributed by atoms with E-state index in [1.165, 1.54) is 11.1 Å². The van der Waals surface area contributed by atoms with Gasteiger partial charge in [0, 0.05) is 37.7 Å². The van der Waals surface area contributed by atoms with Gasteiger partial charge in [0.05, 0.1) is 5.56 Å². The lowest BCUT2D eigenvalue weighted by Gasteiger charge is -2.34. The smallest absolute Gasteiger partial charge is 0.276 e. The van der Waals surface area contributed by atoms with Crippen LogP contribution in [0.4, 0.5) is 0 Å². The number of benzene rings is 2. The average molecular weight is 440 g/mol. The SMILES string of the molecule is Cc1cccc(CN2CCN(C(=O)c3noc(C)c3COc3cccc(Cl)c3)CC2)c1. The van der Waals surface area contributed by atoms with Crippen LogP contribution in [0.3, 0.4) is 0 Å². The number of nitrogens with zero attached hydrogens (tertiary/aromatic N) is 3. The molecule has 0 saturated carbocycles. The second kappa shape index (κ2) is 9.54. The summed E-state index contributed by atoms with van der Waals surface area (Å²) < 4.78 is 11.1. The summed E-state index contributed by atoms with van der Waals surface area (Å²) in [5, 5.41) is 4.63. The number of hydrogen-bond donors (Lipinski definition) is 0. The zero-order valence-electron chi connectivity index (χ0n) is 17.8. The molecule has 0 spiro atoms. The van der Waals surface area contributed by atoms with Crippen LogP contribution in [0, 0.1) is 13.8 Å². The van der Waals surface area contributed by atoms with Gasteiger partial charge in [-0.25, -0.2) is 0 Å². The van der Waals surface area contributed by atoms with E-state index in [9.17, 15) is 4.79 Å². The highest BCUT2D eigenvalue weighted by Gasteiger charge is 2.28. The van der Waals surface area contributed by atoms with Crippen LogP contribution in [0.25, 0.3) is 0 Å². The molecule has 3 aromatic rings. The van der Waals surface area contributed by atoms with E-state index in [4.69, 9.17) is 20.9 Å². The summed E-state index contributed by atoms with van der Waals surface area (Å²) in [5.74, 6) is 1.11. The maximum Gasteiger partial charge on any atom is 0.276 e. The molecule has 0 radical (unpaired) electrons. The third kappa shape index (κ3) is 5.27. The van der Waals surface area contributed by atoms with E-state index in [0.717, 1.165) is 19.6 Å². The molecule has 2 aromatic carbocycles. The van der Waals surface area contributed by atoms with E-state index in [2.05, 4.69) is 41.2 Å². The van der Waals surface area contributed by atoms with Gasteiger partial charge in [0.15, 0.2) is 5.69 Å². The van der Waals surface area contributed by atoms with E-state index in [0.29, 0.717) is 40.9 Å². The number of carbonyl (C=O) groups is 1. The fourth-order valence-electron chi connectivity index (χ4n) is 3.77. The molecule has 0 atom stereocenters. The normalized spacial score (nSPS) is 14.6. The van der Waals surface area contributed by atoms with Gasteiger partial charge in [-0.3, -0.25) is 9.69 Å². The zero-order chi connectivity index (χ0) is 21.8. The number of ether oxygens (including phenoxy) is 1. The molecule has 1 amide bonds. The molecule has 0 bridgehead atoms. The van der Waals surface area contributed by atoms with Gasteiger partial charge < -0.3 is 14.2 Å². The number of amides is 1. The number of hydrogen-bond acceptors (Lipinski definition) is 5. The molecule has 2 heterocycles. The van der Waals surface area contributed by atoms with Gasteiger partial charge in [-0.05, 0) is 37.6 Å². The lowest BCUT2D eigenvalue weighted by molar-refractivity contribution is 0.0616. The molecule has 1 aromatic heterocycles. The first-order chi connectivity index (χ1) is 15.0. The highest BCUT2D eigenvalue weighted by Crippen LogP contribution is 2.22. The van der Waals surface area contributed by atoms with Crippen LogP contribution >= 0.6 is 11.6 Å². The number of halogens is 1. The van der Waals surface area contributed by atoms with Crippen molar-refractivity contribution in [3.05, 3.63) is 81.7 Å². The molecule has 1 saturated heterocycles. The van der Waals surface area contributed by atoms with Gasteiger partial charge in [0.1, 0.15) is 18.1 Å². The molecule has 0 aliphatic carbocycles. The third-order valence-corrected chi connectivity index (χ3v) is 5.75. The van der Waals surface area contributed by atoms with Crippen molar-refractivity contribution in [1.29, 1.82) is 0 Å². The monoisotopic (exact) mass is 439 g/mol. The van der Waals surface area contributed by atoms with Crippen molar-refractivity contribution in [3.8, 4) is 5.75 Å². The number of aromatic nitrogens is 1. The van der Waals surface area contributed by atoms with Crippen LogP contribution in [0.2, 0.25) is 5.02 Å². The van der Waals surface area contributed by atoms with Crippen molar-refractivity contribution in [2.45, 2.75) is 27.0 Å². The number of aryl methyl sites for hydroxylation is 2. The van der Waals surface area contributed by atoms with E-state index in [1.807, 2.05) is 17.0 Å². The quantitative estimate of drug-likeness (QED) is 0.566. The largest absolute Gasteiger partial charge is 0.489 e. The lowest BCUT2D eigenvalue weighted by atomic mass is 10.1. The van der Waals surface area contributed by atoms with Crippen molar-refractivity contribution in [1.82, 2.24) is 15.0 Å². The van der Waals surface area contributed by atoms with Crippen molar-refractivity contribution in [3.63, 3.8) is 0 Å². The standard InChI is InChI=1S/C24H26ClN3O3/c1-17-5-3-6-19(13-17)15-27-9-11-28(12-10-27)24(29)23-22(18(2)31-26-23)16-30-21-8-4-7-20(25)14-21/h3-8,13-14H,9-12,15-16H2,1-2H3. The van der Waals surface area contributed by atoms with Crippen molar-refractivity contribution < 1.29 is 14.1 Å². The Morgan fingerprint density at radius 3 is 2.61 bits per heavy atom. The van der Waals surface area contributed by atoms with Crippen LogP contribution in [-0.2, 0) is 13.2 Å². The molecule has 1 aliphatic heterocycles. The molecule has 1 aliphatic rings. The molecule has 162 valence electrons. The summed E-state index contributed by atoms with van der Waals surface area (Å²) in [7, 11) is 0. The highest BCUT2D eigenvalue weighted by molar-refractivity contribution is 6.30. The molecular weight excluding hydrogens is 414 g/mol. The maximum absolute atomic E-state index is 13.1. The van der Waals surface area contributed by atoms with Crippen LogP contribution < -0.4 is 4.74 Å². The van der Waals surface area contributed by atoms with Crippen molar-refractivity contribution >= 4 is 17.5 Å². The van der Waals surface area contributed by atoms with Gasteiger partial charge in [0.2, 0.25) is 0 Å². The van der Waals surface area contributed by atoms with E-state index in [1.54, 1.807) is 19.1 Å². The number of carbonyl (C=O) groups excluding carboxylic acids is 1. The van der Waals surface area contributed by atoms with Crippen LogP contribution in [0.5, 0.6) is 5.75 Å². The van der Waals surface area contributed by atoms with E-state index < -0.39 is 0 Å². The number of rotatable bonds is 6. The van der Waals surface area contributed by atoms with Gasteiger partial charge in [0.25, 0.3) is 5.91 Å². The van der Waals surface area contributed by atoms with Gasteiger partial charge in [-0.15, -0.1) is 0 Å². The van der Waals surface area contributed by atoms with Crippen LogP contribution in [0.1, 0.15) is 32.9 Å². The third-order valence-electron chi connectivity index (χ3n) is 5.51. The molecule has 6 nitrogen and oxygen atoms in total. The van der Waals surface area contributed by atoms with Crippen LogP contribution in [0.15, 0.2) is 53.1 Å². The Morgan fingerprint density at radius 1 is 1.10 bits per heavy atom. The predicted octanol–water partition coefficient (Wildman–Crippen LogP) is 4.48. The van der Waals surface area contributed by atoms with Crippen molar-refractivity contribution in [2.24, 2.45) is 0 Å². The second-order valence-corrected chi connectivity index (χ2v) is 8.31. The Labute approximate surface area is 187 Å². The minimum atomic E-state index is -0.114. The lowest BCUT2D eigenvalue weighted by Crippen LogP contribution is -2.48. The molecule has 4 rings (SSSR count). The van der Waals surface area contributed by atoms with Gasteiger partial charge in [-0.1, -0.05) is 52.7 Å².